The van der Waals surface area contributed by atoms with E-state index < -0.39 is 0 Å². The number of hydrogen-bond acceptors (Lipinski definition) is 4. The molecule has 146 valence electrons. The number of nitrogens with zero attached hydrogens (tertiary/aromatic N) is 1. The van der Waals surface area contributed by atoms with E-state index in [-0.39, 0.29) is 17.1 Å². The van der Waals surface area contributed by atoms with Crippen LogP contribution in [0.5, 0.6) is 0 Å². The third-order valence-electron chi connectivity index (χ3n) is 5.13. The molecule has 0 bridgehead atoms. The summed E-state index contributed by atoms with van der Waals surface area (Å²) in [6, 6.07) is 7.68. The number of benzene rings is 1. The van der Waals surface area contributed by atoms with Crippen LogP contribution in [0.2, 0.25) is 0 Å². The van der Waals surface area contributed by atoms with Gasteiger partial charge in [0, 0.05) is 17.0 Å². The lowest BCUT2D eigenvalue weighted by atomic mass is 9.86. The first kappa shape index (κ1) is 19.4. The van der Waals surface area contributed by atoms with Crippen LogP contribution in [0.4, 0.5) is 4.79 Å². The Balaban J connectivity index is 1.80. The molecule has 6 nitrogen and oxygen atoms in total. The van der Waals surface area contributed by atoms with Crippen LogP contribution < -0.4 is 10.5 Å². The van der Waals surface area contributed by atoms with Crippen molar-refractivity contribution < 1.29 is 18.8 Å². The first-order valence-corrected chi connectivity index (χ1v) is 9.60. The first-order valence-electron chi connectivity index (χ1n) is 9.60. The summed E-state index contributed by atoms with van der Waals surface area (Å²) in [7, 11) is 0. The van der Waals surface area contributed by atoms with Gasteiger partial charge in [0.1, 0.15) is 12.1 Å². The van der Waals surface area contributed by atoms with Gasteiger partial charge in [0.05, 0.1) is 32.8 Å². The van der Waals surface area contributed by atoms with Crippen LogP contribution in [0.3, 0.4) is 0 Å². The zero-order valence-corrected chi connectivity index (χ0v) is 16.6. The number of carbonyl (C=O) groups excluding carboxylic acids is 1. The van der Waals surface area contributed by atoms with Crippen molar-refractivity contribution >= 4 is 17.1 Å². The largest absolute Gasteiger partial charge is 0.450 e. The van der Waals surface area contributed by atoms with E-state index in [1.165, 1.54) is 10.5 Å². The highest BCUT2D eigenvalue weighted by Gasteiger charge is 2.25. The smallest absolute Gasteiger partial charge is 0.410 e. The second-order valence-corrected chi connectivity index (χ2v) is 8.16. The van der Waals surface area contributed by atoms with Crippen molar-refractivity contribution in [3.63, 3.8) is 0 Å². The Labute approximate surface area is 159 Å². The molecule has 0 saturated carbocycles. The number of ether oxygens (including phenoxy) is 1. The van der Waals surface area contributed by atoms with E-state index in [1.807, 2.05) is 19.1 Å². The minimum absolute atomic E-state index is 0.0275. The number of fused-ring (bicyclic) bond motifs is 1. The van der Waals surface area contributed by atoms with Crippen molar-refractivity contribution in [2.45, 2.75) is 39.7 Å². The lowest BCUT2D eigenvalue weighted by Gasteiger charge is -2.31. The summed E-state index contributed by atoms with van der Waals surface area (Å²) >= 11 is 0. The van der Waals surface area contributed by atoms with Gasteiger partial charge in [-0.2, -0.15) is 0 Å². The molecule has 0 radical (unpaired) electrons. The summed E-state index contributed by atoms with van der Waals surface area (Å²) in [6.45, 7) is 12.5. The van der Waals surface area contributed by atoms with Crippen LogP contribution in [0.15, 0.2) is 33.5 Å². The Kier molecular flexibility index (Phi) is 5.56. The summed E-state index contributed by atoms with van der Waals surface area (Å²) in [5, 5.41) is 1.00. The van der Waals surface area contributed by atoms with Gasteiger partial charge in [-0.25, -0.2) is 9.59 Å². The zero-order valence-electron chi connectivity index (χ0n) is 16.6. The maximum atomic E-state index is 12.0. The molecule has 1 aromatic heterocycles. The zero-order chi connectivity index (χ0) is 19.6. The molecule has 0 aliphatic carbocycles. The van der Waals surface area contributed by atoms with Gasteiger partial charge in [-0.3, -0.25) is 4.90 Å². The monoisotopic (exact) mass is 373 g/mol. The van der Waals surface area contributed by atoms with E-state index in [4.69, 9.17) is 9.15 Å². The van der Waals surface area contributed by atoms with Gasteiger partial charge < -0.3 is 14.1 Å². The summed E-state index contributed by atoms with van der Waals surface area (Å²) in [4.78, 5) is 27.0. The standard InChI is InChI=1S/C21H28N2O4/c1-5-26-20(25)23-10-8-22(9-11-23)14-15-12-19(24)27-18-7-6-16(13-17(15)18)21(2,3)4/h6-7,12-13H,5,8-11,14H2,1-4H3/p+1. The SMILES string of the molecule is CCOC(=O)N1CC[NH+](Cc2cc(=O)oc3ccc(C(C)(C)C)cc23)CC1. The lowest BCUT2D eigenvalue weighted by Crippen LogP contribution is -3.13. The van der Waals surface area contributed by atoms with Crippen LogP contribution in [0.25, 0.3) is 11.0 Å². The van der Waals surface area contributed by atoms with Gasteiger partial charge in [0.15, 0.2) is 0 Å². The van der Waals surface area contributed by atoms with Gasteiger partial charge in [-0.1, -0.05) is 26.8 Å². The van der Waals surface area contributed by atoms with Crippen molar-refractivity contribution in [1.29, 1.82) is 0 Å². The number of piperazine rings is 1. The summed E-state index contributed by atoms with van der Waals surface area (Å²) in [5.74, 6) is 0. The summed E-state index contributed by atoms with van der Waals surface area (Å²) in [6.07, 6.45) is -0.239. The van der Waals surface area contributed by atoms with E-state index in [2.05, 4.69) is 26.8 Å². The van der Waals surface area contributed by atoms with Gasteiger partial charge in [-0.15, -0.1) is 0 Å². The third-order valence-corrected chi connectivity index (χ3v) is 5.13. The summed E-state index contributed by atoms with van der Waals surface area (Å²) < 4.78 is 10.5. The molecule has 2 aromatic rings. The average Bonchev–Trinajstić information content (AvgIpc) is 2.61. The fourth-order valence-corrected chi connectivity index (χ4v) is 3.51. The predicted octanol–water partition coefficient (Wildman–Crippen LogP) is 1.95. The van der Waals surface area contributed by atoms with Crippen molar-refractivity contribution in [3.8, 4) is 0 Å². The summed E-state index contributed by atoms with van der Waals surface area (Å²) in [5.41, 5.74) is 2.57. The molecule has 3 rings (SSSR count). The molecule has 1 aromatic carbocycles. The quantitative estimate of drug-likeness (QED) is 0.836. The van der Waals surface area contributed by atoms with E-state index in [9.17, 15) is 9.59 Å². The molecule has 1 saturated heterocycles. The van der Waals surface area contributed by atoms with Crippen LogP contribution >= 0.6 is 0 Å². The van der Waals surface area contributed by atoms with Gasteiger partial charge in [0.25, 0.3) is 0 Å². The van der Waals surface area contributed by atoms with E-state index in [0.717, 1.165) is 30.6 Å². The van der Waals surface area contributed by atoms with Crippen molar-refractivity contribution in [2.75, 3.05) is 32.8 Å². The lowest BCUT2D eigenvalue weighted by molar-refractivity contribution is -0.917. The maximum absolute atomic E-state index is 12.0. The maximum Gasteiger partial charge on any atom is 0.410 e. The molecule has 1 fully saturated rings. The van der Waals surface area contributed by atoms with Crippen molar-refractivity contribution in [2.24, 2.45) is 0 Å². The van der Waals surface area contributed by atoms with E-state index in [1.54, 1.807) is 11.0 Å². The molecule has 1 N–H and O–H groups in total. The molecule has 0 unspecified atom stereocenters. The Hall–Kier alpha value is -2.34. The Morgan fingerprint density at radius 2 is 1.93 bits per heavy atom. The van der Waals surface area contributed by atoms with Crippen molar-refractivity contribution in [1.82, 2.24) is 4.90 Å². The van der Waals surface area contributed by atoms with Crippen LogP contribution in [-0.4, -0.2) is 43.8 Å². The fourth-order valence-electron chi connectivity index (χ4n) is 3.51. The molecule has 6 heteroatoms. The fraction of sp³-hybridized carbons (Fsp3) is 0.524. The number of nitrogens with one attached hydrogen (secondary N) is 1. The molecular formula is C21H29N2O4+. The minimum Gasteiger partial charge on any atom is -0.450 e. The number of carbonyl (C=O) groups is 1. The van der Waals surface area contributed by atoms with Crippen molar-refractivity contribution in [3.05, 3.63) is 45.8 Å². The van der Waals surface area contributed by atoms with E-state index >= 15 is 0 Å². The first-order chi connectivity index (χ1) is 12.8. The van der Waals surface area contributed by atoms with Crippen LogP contribution in [0, 0.1) is 0 Å². The van der Waals surface area contributed by atoms with Gasteiger partial charge >= 0.3 is 11.7 Å². The topological polar surface area (TPSA) is 64.2 Å². The van der Waals surface area contributed by atoms with E-state index in [0.29, 0.717) is 25.3 Å². The minimum atomic E-state index is -0.314. The highest BCUT2D eigenvalue weighted by molar-refractivity contribution is 5.81. The molecule has 1 aliphatic rings. The second-order valence-electron chi connectivity index (χ2n) is 8.16. The molecule has 0 atom stereocenters. The second kappa shape index (κ2) is 7.72. The molecular weight excluding hydrogens is 344 g/mol. The predicted molar refractivity (Wildman–Crippen MR) is 104 cm³/mol. The highest BCUT2D eigenvalue weighted by Crippen LogP contribution is 2.27. The van der Waals surface area contributed by atoms with Gasteiger partial charge in [-0.05, 0) is 30.0 Å². The number of hydrogen-bond donors (Lipinski definition) is 1. The number of rotatable bonds is 3. The Bertz CT molecular complexity index is 874. The van der Waals surface area contributed by atoms with Crippen LogP contribution in [-0.2, 0) is 16.7 Å². The molecule has 2 heterocycles. The normalized spacial score (nSPS) is 15.9. The highest BCUT2D eigenvalue weighted by atomic mass is 16.6. The van der Waals surface area contributed by atoms with Crippen LogP contribution in [0.1, 0.15) is 38.8 Å². The molecule has 0 spiro atoms. The third kappa shape index (κ3) is 4.50. The van der Waals surface area contributed by atoms with Gasteiger partial charge in [0.2, 0.25) is 0 Å². The molecule has 1 aliphatic heterocycles. The Morgan fingerprint density at radius 1 is 1.22 bits per heavy atom. The number of quaternary nitrogens is 1. The molecule has 1 amide bonds. The Morgan fingerprint density at radius 3 is 2.56 bits per heavy atom. The molecule has 27 heavy (non-hydrogen) atoms. The number of amides is 1. The average molecular weight is 373 g/mol.